The summed E-state index contributed by atoms with van der Waals surface area (Å²) in [7, 11) is 1.88. The van der Waals surface area contributed by atoms with E-state index in [4.69, 9.17) is 0 Å². The number of hydrogen-bond acceptors (Lipinski definition) is 5. The zero-order valence-electron chi connectivity index (χ0n) is 12.4. The van der Waals surface area contributed by atoms with Crippen molar-refractivity contribution in [3.05, 3.63) is 29.0 Å². The van der Waals surface area contributed by atoms with Gasteiger partial charge in [0, 0.05) is 25.5 Å². The van der Waals surface area contributed by atoms with E-state index in [2.05, 4.69) is 21.9 Å². The third kappa shape index (κ3) is 2.81. The minimum atomic E-state index is 0.0478. The van der Waals surface area contributed by atoms with E-state index in [1.54, 1.807) is 18.5 Å². The van der Waals surface area contributed by atoms with E-state index >= 15 is 0 Å². The van der Waals surface area contributed by atoms with Gasteiger partial charge < -0.3 is 4.90 Å². The molecule has 2 aromatic heterocycles. The lowest BCUT2D eigenvalue weighted by atomic mass is 10.2. The Morgan fingerprint density at radius 1 is 1.38 bits per heavy atom. The molecule has 0 spiro atoms. The fourth-order valence-electron chi connectivity index (χ4n) is 2.34. The van der Waals surface area contributed by atoms with Gasteiger partial charge in [-0.15, -0.1) is 11.3 Å². The topological polar surface area (TPSA) is 59.0 Å². The molecule has 1 fully saturated rings. The summed E-state index contributed by atoms with van der Waals surface area (Å²) in [5.41, 5.74) is 0.752. The lowest BCUT2D eigenvalue weighted by Crippen LogP contribution is -2.36. The molecule has 1 saturated carbocycles. The van der Waals surface area contributed by atoms with Gasteiger partial charge in [0.15, 0.2) is 10.8 Å². The highest BCUT2D eigenvalue weighted by atomic mass is 32.1. The molecule has 2 aromatic rings. The summed E-state index contributed by atoms with van der Waals surface area (Å²) in [6.07, 6.45) is 5.82. The second-order valence-electron chi connectivity index (χ2n) is 5.50. The Labute approximate surface area is 128 Å². The van der Waals surface area contributed by atoms with E-state index in [-0.39, 0.29) is 11.9 Å². The third-order valence-electron chi connectivity index (χ3n) is 3.98. The zero-order valence-corrected chi connectivity index (χ0v) is 13.2. The van der Waals surface area contributed by atoms with Crippen LogP contribution in [-0.2, 0) is 0 Å². The van der Waals surface area contributed by atoms with Crippen LogP contribution in [0.3, 0.4) is 0 Å². The molecule has 0 N–H and O–H groups in total. The molecule has 1 amide bonds. The number of hydrogen-bond donors (Lipinski definition) is 0. The molecule has 3 rings (SSSR count). The second kappa shape index (κ2) is 5.52. The summed E-state index contributed by atoms with van der Waals surface area (Å²) in [6.45, 7) is 3.99. The largest absolute Gasteiger partial charge is 0.338 e. The molecule has 1 aliphatic carbocycles. The monoisotopic (exact) mass is 302 g/mol. The van der Waals surface area contributed by atoms with Crippen LogP contribution in [0.25, 0.3) is 10.8 Å². The first-order valence-corrected chi connectivity index (χ1v) is 7.91. The first-order valence-electron chi connectivity index (χ1n) is 7.10. The molecule has 21 heavy (non-hydrogen) atoms. The van der Waals surface area contributed by atoms with E-state index in [1.807, 2.05) is 18.9 Å². The zero-order chi connectivity index (χ0) is 15.0. The van der Waals surface area contributed by atoms with Crippen molar-refractivity contribution in [3.8, 4) is 10.8 Å². The molecule has 0 aliphatic heterocycles. The van der Waals surface area contributed by atoms with Crippen LogP contribution >= 0.6 is 11.3 Å². The number of nitrogens with zero attached hydrogens (tertiary/aromatic N) is 4. The van der Waals surface area contributed by atoms with Crippen molar-refractivity contribution in [2.24, 2.45) is 5.92 Å². The van der Waals surface area contributed by atoms with Gasteiger partial charge in [-0.25, -0.2) is 15.0 Å². The van der Waals surface area contributed by atoms with Gasteiger partial charge in [-0.05, 0) is 38.7 Å². The van der Waals surface area contributed by atoms with Gasteiger partial charge in [-0.3, -0.25) is 4.79 Å². The lowest BCUT2D eigenvalue weighted by Gasteiger charge is -2.24. The number of aromatic nitrogens is 3. The molecule has 0 bridgehead atoms. The average Bonchev–Trinajstić information content (AvgIpc) is 3.28. The Bertz CT molecular complexity index is 651. The fourth-order valence-corrected chi connectivity index (χ4v) is 3.34. The van der Waals surface area contributed by atoms with Crippen LogP contribution in [0.4, 0.5) is 0 Å². The summed E-state index contributed by atoms with van der Waals surface area (Å²) in [4.78, 5) is 28.0. The predicted molar refractivity (Wildman–Crippen MR) is 82.2 cm³/mol. The van der Waals surface area contributed by atoms with Crippen molar-refractivity contribution in [1.29, 1.82) is 0 Å². The minimum absolute atomic E-state index is 0.0478. The Hall–Kier alpha value is -1.82. The summed E-state index contributed by atoms with van der Waals surface area (Å²) >= 11 is 1.37. The third-order valence-corrected chi connectivity index (χ3v) is 5.12. The Morgan fingerprint density at radius 3 is 2.67 bits per heavy atom. The van der Waals surface area contributed by atoms with E-state index in [0.29, 0.717) is 21.6 Å². The first-order chi connectivity index (χ1) is 10.1. The number of aryl methyl sites for hydroxylation is 1. The van der Waals surface area contributed by atoms with E-state index in [0.717, 1.165) is 5.69 Å². The highest BCUT2D eigenvalue weighted by Gasteiger charge is 2.33. The van der Waals surface area contributed by atoms with Crippen LogP contribution in [0.5, 0.6) is 0 Å². The van der Waals surface area contributed by atoms with Crippen molar-refractivity contribution in [1.82, 2.24) is 19.9 Å². The summed E-state index contributed by atoms with van der Waals surface area (Å²) in [5, 5.41) is 0.698. The summed E-state index contributed by atoms with van der Waals surface area (Å²) in [6, 6.07) is 2.05. The predicted octanol–water partition coefficient (Wildman–Crippen LogP) is 2.78. The smallest absolute Gasteiger partial charge is 0.265 e. The maximum Gasteiger partial charge on any atom is 0.265 e. The SMILES string of the molecule is Cc1nc(-c2ncccn2)sc1C(=O)N(C)[C@H](C)C1CC1. The summed E-state index contributed by atoms with van der Waals surface area (Å²) in [5.74, 6) is 1.28. The van der Waals surface area contributed by atoms with Gasteiger partial charge in [0.05, 0.1) is 5.69 Å². The molecule has 110 valence electrons. The van der Waals surface area contributed by atoms with Crippen molar-refractivity contribution in [3.63, 3.8) is 0 Å². The first kappa shape index (κ1) is 14.1. The Balaban J connectivity index is 1.85. The Morgan fingerprint density at radius 2 is 2.05 bits per heavy atom. The van der Waals surface area contributed by atoms with Crippen molar-refractivity contribution >= 4 is 17.2 Å². The van der Waals surface area contributed by atoms with Gasteiger partial charge >= 0.3 is 0 Å². The number of carbonyl (C=O) groups is 1. The molecule has 0 aromatic carbocycles. The van der Waals surface area contributed by atoms with Gasteiger partial charge in [0.25, 0.3) is 5.91 Å². The molecule has 6 heteroatoms. The van der Waals surface area contributed by atoms with Crippen molar-refractivity contribution < 1.29 is 4.79 Å². The van der Waals surface area contributed by atoms with Crippen molar-refractivity contribution in [2.75, 3.05) is 7.05 Å². The quantitative estimate of drug-likeness (QED) is 0.871. The summed E-state index contributed by atoms with van der Waals surface area (Å²) < 4.78 is 0. The molecular formula is C15H18N4OS. The second-order valence-corrected chi connectivity index (χ2v) is 6.50. The van der Waals surface area contributed by atoms with E-state index in [1.165, 1.54) is 24.2 Å². The van der Waals surface area contributed by atoms with Crippen LogP contribution < -0.4 is 0 Å². The average molecular weight is 302 g/mol. The van der Waals surface area contributed by atoms with E-state index < -0.39 is 0 Å². The molecule has 5 nitrogen and oxygen atoms in total. The normalized spacial score (nSPS) is 15.8. The van der Waals surface area contributed by atoms with E-state index in [9.17, 15) is 4.79 Å². The molecule has 0 radical (unpaired) electrons. The van der Waals surface area contributed by atoms with Crippen LogP contribution in [0.2, 0.25) is 0 Å². The van der Waals surface area contributed by atoms with Crippen LogP contribution in [0, 0.1) is 12.8 Å². The molecule has 1 aliphatic rings. The highest BCUT2D eigenvalue weighted by molar-refractivity contribution is 7.17. The van der Waals surface area contributed by atoms with Crippen LogP contribution in [0.1, 0.15) is 35.1 Å². The van der Waals surface area contributed by atoms with Gasteiger partial charge in [-0.1, -0.05) is 0 Å². The number of amides is 1. The molecular weight excluding hydrogens is 284 g/mol. The fraction of sp³-hybridized carbons (Fsp3) is 0.467. The highest BCUT2D eigenvalue weighted by Crippen LogP contribution is 2.36. The van der Waals surface area contributed by atoms with Crippen LogP contribution in [0.15, 0.2) is 18.5 Å². The number of thiazole rings is 1. The minimum Gasteiger partial charge on any atom is -0.338 e. The lowest BCUT2D eigenvalue weighted by molar-refractivity contribution is 0.0731. The molecule has 0 unspecified atom stereocenters. The standard InChI is InChI=1S/C15H18N4OS/c1-9-12(15(20)19(3)10(2)11-5-6-11)21-14(18-9)13-16-7-4-8-17-13/h4,7-8,10-11H,5-6H2,1-3H3/t10-/m1/s1. The van der Waals surface area contributed by atoms with Gasteiger partial charge in [0.1, 0.15) is 4.88 Å². The number of rotatable bonds is 4. The van der Waals surface area contributed by atoms with Crippen LogP contribution in [-0.4, -0.2) is 38.8 Å². The van der Waals surface area contributed by atoms with Crippen molar-refractivity contribution in [2.45, 2.75) is 32.7 Å². The Kier molecular flexibility index (Phi) is 3.71. The molecule has 0 saturated heterocycles. The maximum absolute atomic E-state index is 12.6. The maximum atomic E-state index is 12.6. The number of carbonyl (C=O) groups excluding carboxylic acids is 1. The van der Waals surface area contributed by atoms with Gasteiger partial charge in [-0.2, -0.15) is 0 Å². The molecule has 1 atom stereocenters. The molecule has 2 heterocycles. The van der Waals surface area contributed by atoms with Gasteiger partial charge in [0.2, 0.25) is 0 Å².